The molecule has 0 saturated heterocycles. The standard InChI is InChI=1S/C20H24N6O2/c1-5-28-19-11-10-18(23-24-19)26-14(2)17(13-22-26)20(27)21-12-15-6-8-16(9-7-15)25(3)4/h6-11,13H,5,12H2,1-4H3,(H,21,27). The maximum Gasteiger partial charge on any atom is 0.255 e. The monoisotopic (exact) mass is 380 g/mol. The van der Waals surface area contributed by atoms with Crippen molar-refractivity contribution in [2.45, 2.75) is 20.4 Å². The lowest BCUT2D eigenvalue weighted by atomic mass is 10.2. The molecule has 1 aromatic carbocycles. The molecular weight excluding hydrogens is 356 g/mol. The van der Waals surface area contributed by atoms with Gasteiger partial charge >= 0.3 is 0 Å². The predicted octanol–water partition coefficient (Wildman–Crippen LogP) is 2.37. The van der Waals surface area contributed by atoms with Gasteiger partial charge in [-0.05, 0) is 37.6 Å². The summed E-state index contributed by atoms with van der Waals surface area (Å²) in [5, 5.41) is 15.3. The zero-order valence-corrected chi connectivity index (χ0v) is 16.5. The molecular formula is C20H24N6O2. The third kappa shape index (κ3) is 4.28. The summed E-state index contributed by atoms with van der Waals surface area (Å²) in [6.07, 6.45) is 1.54. The van der Waals surface area contributed by atoms with Gasteiger partial charge in [0.2, 0.25) is 5.88 Å². The third-order valence-electron chi connectivity index (χ3n) is 4.30. The van der Waals surface area contributed by atoms with Crippen LogP contribution in [0.1, 0.15) is 28.5 Å². The minimum Gasteiger partial charge on any atom is -0.477 e. The van der Waals surface area contributed by atoms with Gasteiger partial charge in [0.05, 0.1) is 24.1 Å². The van der Waals surface area contributed by atoms with Crippen LogP contribution >= 0.6 is 0 Å². The van der Waals surface area contributed by atoms with Gasteiger partial charge in [-0.25, -0.2) is 4.68 Å². The van der Waals surface area contributed by atoms with E-state index in [0.717, 1.165) is 11.3 Å². The normalized spacial score (nSPS) is 10.6. The zero-order valence-electron chi connectivity index (χ0n) is 16.5. The number of anilines is 1. The second-order valence-electron chi connectivity index (χ2n) is 6.46. The molecule has 0 atom stereocenters. The Morgan fingerprint density at radius 2 is 1.89 bits per heavy atom. The molecule has 0 aliphatic heterocycles. The van der Waals surface area contributed by atoms with E-state index in [1.807, 2.05) is 57.1 Å². The van der Waals surface area contributed by atoms with Crippen molar-refractivity contribution >= 4 is 11.6 Å². The van der Waals surface area contributed by atoms with E-state index in [0.29, 0.717) is 36.1 Å². The Balaban J connectivity index is 1.67. The molecule has 28 heavy (non-hydrogen) atoms. The van der Waals surface area contributed by atoms with E-state index in [1.54, 1.807) is 16.8 Å². The van der Waals surface area contributed by atoms with Crippen LogP contribution in [0.4, 0.5) is 5.69 Å². The molecule has 0 unspecified atom stereocenters. The van der Waals surface area contributed by atoms with Crippen LogP contribution in [0.25, 0.3) is 5.82 Å². The van der Waals surface area contributed by atoms with Crippen LogP contribution in [0.5, 0.6) is 5.88 Å². The summed E-state index contributed by atoms with van der Waals surface area (Å²) in [5.41, 5.74) is 3.34. The summed E-state index contributed by atoms with van der Waals surface area (Å²) in [5.74, 6) is 0.799. The fourth-order valence-electron chi connectivity index (χ4n) is 2.70. The highest BCUT2D eigenvalue weighted by Gasteiger charge is 2.16. The summed E-state index contributed by atoms with van der Waals surface area (Å²) in [6, 6.07) is 11.5. The molecule has 1 N–H and O–H groups in total. The summed E-state index contributed by atoms with van der Waals surface area (Å²) in [6.45, 7) is 4.68. The van der Waals surface area contributed by atoms with Crippen LogP contribution < -0.4 is 15.0 Å². The summed E-state index contributed by atoms with van der Waals surface area (Å²) in [4.78, 5) is 14.6. The molecule has 3 rings (SSSR count). The average molecular weight is 380 g/mol. The van der Waals surface area contributed by atoms with Crippen LogP contribution in [-0.4, -0.2) is 46.6 Å². The Kier molecular flexibility index (Phi) is 5.88. The number of ether oxygens (including phenoxy) is 1. The smallest absolute Gasteiger partial charge is 0.255 e. The minimum absolute atomic E-state index is 0.181. The Labute approximate surface area is 164 Å². The van der Waals surface area contributed by atoms with Crippen molar-refractivity contribution in [3.05, 3.63) is 59.4 Å². The van der Waals surface area contributed by atoms with E-state index in [1.165, 1.54) is 6.20 Å². The van der Waals surface area contributed by atoms with Gasteiger partial charge in [0.1, 0.15) is 0 Å². The lowest BCUT2D eigenvalue weighted by molar-refractivity contribution is 0.0950. The van der Waals surface area contributed by atoms with Crippen molar-refractivity contribution in [2.75, 3.05) is 25.6 Å². The van der Waals surface area contributed by atoms with Gasteiger partial charge in [-0.1, -0.05) is 12.1 Å². The number of nitrogens with zero attached hydrogens (tertiary/aromatic N) is 5. The maximum absolute atomic E-state index is 12.6. The number of carbonyl (C=O) groups is 1. The van der Waals surface area contributed by atoms with E-state index in [2.05, 4.69) is 20.6 Å². The number of aromatic nitrogens is 4. The molecule has 8 heteroatoms. The highest BCUT2D eigenvalue weighted by atomic mass is 16.5. The molecule has 0 aliphatic rings. The number of hydrogen-bond acceptors (Lipinski definition) is 6. The number of benzene rings is 1. The molecule has 2 aromatic heterocycles. The van der Waals surface area contributed by atoms with E-state index >= 15 is 0 Å². The Hall–Kier alpha value is -3.42. The van der Waals surface area contributed by atoms with Gasteiger partial charge in [0.25, 0.3) is 5.91 Å². The van der Waals surface area contributed by atoms with Gasteiger partial charge < -0.3 is 15.0 Å². The van der Waals surface area contributed by atoms with Crippen molar-refractivity contribution in [1.29, 1.82) is 0 Å². The molecule has 0 spiro atoms. The Morgan fingerprint density at radius 1 is 1.14 bits per heavy atom. The maximum atomic E-state index is 12.6. The highest BCUT2D eigenvalue weighted by molar-refractivity contribution is 5.95. The van der Waals surface area contributed by atoms with Crippen molar-refractivity contribution in [1.82, 2.24) is 25.3 Å². The second kappa shape index (κ2) is 8.51. The number of nitrogens with one attached hydrogen (secondary N) is 1. The molecule has 3 aromatic rings. The number of amides is 1. The van der Waals surface area contributed by atoms with Crippen molar-refractivity contribution in [3.63, 3.8) is 0 Å². The third-order valence-corrected chi connectivity index (χ3v) is 4.30. The molecule has 8 nitrogen and oxygen atoms in total. The molecule has 1 amide bonds. The summed E-state index contributed by atoms with van der Waals surface area (Å²) < 4.78 is 6.88. The fourth-order valence-corrected chi connectivity index (χ4v) is 2.70. The van der Waals surface area contributed by atoms with E-state index in [-0.39, 0.29) is 5.91 Å². The molecule has 0 fully saturated rings. The van der Waals surface area contributed by atoms with E-state index in [9.17, 15) is 4.79 Å². The lowest BCUT2D eigenvalue weighted by Crippen LogP contribution is -2.23. The SMILES string of the molecule is CCOc1ccc(-n2ncc(C(=O)NCc3ccc(N(C)C)cc3)c2C)nn1. The van der Waals surface area contributed by atoms with Crippen molar-refractivity contribution in [3.8, 4) is 11.7 Å². The molecule has 0 aliphatic carbocycles. The van der Waals surface area contributed by atoms with Gasteiger partial charge in [-0.3, -0.25) is 4.79 Å². The van der Waals surface area contributed by atoms with E-state index < -0.39 is 0 Å². The van der Waals surface area contributed by atoms with Crippen LogP contribution in [0, 0.1) is 6.92 Å². The van der Waals surface area contributed by atoms with E-state index in [4.69, 9.17) is 4.74 Å². The average Bonchev–Trinajstić information content (AvgIpc) is 3.09. The second-order valence-corrected chi connectivity index (χ2v) is 6.46. The molecule has 0 radical (unpaired) electrons. The van der Waals surface area contributed by atoms with Gasteiger partial charge in [-0.15, -0.1) is 10.2 Å². The van der Waals surface area contributed by atoms with Crippen LogP contribution in [0.2, 0.25) is 0 Å². The predicted molar refractivity (Wildman–Crippen MR) is 107 cm³/mol. The van der Waals surface area contributed by atoms with Gasteiger partial charge in [0.15, 0.2) is 5.82 Å². The molecule has 2 heterocycles. The first kappa shape index (κ1) is 19.3. The van der Waals surface area contributed by atoms with Gasteiger partial charge in [0, 0.05) is 32.4 Å². The molecule has 0 bridgehead atoms. The topological polar surface area (TPSA) is 85.2 Å². The van der Waals surface area contributed by atoms with Crippen molar-refractivity contribution in [2.24, 2.45) is 0 Å². The van der Waals surface area contributed by atoms with Crippen molar-refractivity contribution < 1.29 is 9.53 Å². The molecule has 0 saturated carbocycles. The minimum atomic E-state index is -0.181. The largest absolute Gasteiger partial charge is 0.477 e. The van der Waals surface area contributed by atoms with Crippen LogP contribution in [-0.2, 0) is 6.54 Å². The number of hydrogen-bond donors (Lipinski definition) is 1. The first-order chi connectivity index (χ1) is 13.5. The zero-order chi connectivity index (χ0) is 20.1. The van der Waals surface area contributed by atoms with Crippen LogP contribution in [0.15, 0.2) is 42.6 Å². The van der Waals surface area contributed by atoms with Gasteiger partial charge in [-0.2, -0.15) is 5.10 Å². The summed E-state index contributed by atoms with van der Waals surface area (Å²) >= 11 is 0. The number of carbonyl (C=O) groups excluding carboxylic acids is 1. The molecule has 146 valence electrons. The first-order valence-corrected chi connectivity index (χ1v) is 9.05. The number of rotatable bonds is 7. The van der Waals surface area contributed by atoms with Crippen LogP contribution in [0.3, 0.4) is 0 Å². The Morgan fingerprint density at radius 3 is 2.50 bits per heavy atom. The fraction of sp³-hybridized carbons (Fsp3) is 0.300. The lowest BCUT2D eigenvalue weighted by Gasteiger charge is -2.13. The highest BCUT2D eigenvalue weighted by Crippen LogP contribution is 2.15. The Bertz CT molecular complexity index is 932. The quantitative estimate of drug-likeness (QED) is 0.677. The first-order valence-electron chi connectivity index (χ1n) is 9.05. The summed E-state index contributed by atoms with van der Waals surface area (Å²) in [7, 11) is 3.98.